The zero-order chi connectivity index (χ0) is 16.5. The van der Waals surface area contributed by atoms with Crippen molar-refractivity contribution in [3.8, 4) is 0 Å². The molecule has 2 rings (SSSR count). The zero-order valence-electron chi connectivity index (χ0n) is 13.6. The minimum absolute atomic E-state index is 0. The lowest BCUT2D eigenvalue weighted by Gasteiger charge is -2.29. The van der Waals surface area contributed by atoms with Gasteiger partial charge in [-0.05, 0) is 44.5 Å². The maximum Gasteiger partial charge on any atom is 0.246 e. The van der Waals surface area contributed by atoms with E-state index in [1.54, 1.807) is 30.0 Å². The number of amides is 1. The number of nitrogens with one attached hydrogen (secondary N) is 1. The van der Waals surface area contributed by atoms with Crippen molar-refractivity contribution in [2.75, 3.05) is 18.5 Å². The van der Waals surface area contributed by atoms with Crippen LogP contribution in [0.4, 0.5) is 5.69 Å². The van der Waals surface area contributed by atoms with E-state index in [0.29, 0.717) is 25.1 Å². The van der Waals surface area contributed by atoms with E-state index in [2.05, 4.69) is 4.72 Å². The molecule has 6 nitrogen and oxygen atoms in total. The van der Waals surface area contributed by atoms with Gasteiger partial charge in [0.05, 0.1) is 10.4 Å². The zero-order valence-corrected chi connectivity index (χ0v) is 15.3. The van der Waals surface area contributed by atoms with Gasteiger partial charge in [-0.15, -0.1) is 12.4 Å². The van der Waals surface area contributed by atoms with Crippen molar-refractivity contribution in [1.29, 1.82) is 0 Å². The first-order valence-electron chi connectivity index (χ1n) is 7.40. The van der Waals surface area contributed by atoms with Gasteiger partial charge in [0.2, 0.25) is 15.9 Å². The Hall–Kier alpha value is -1.15. The minimum Gasteiger partial charge on any atom is -0.318 e. The number of nitrogens with two attached hydrogens (primary N) is 1. The van der Waals surface area contributed by atoms with Crippen molar-refractivity contribution >= 4 is 34.0 Å². The Labute approximate surface area is 143 Å². The van der Waals surface area contributed by atoms with Crippen molar-refractivity contribution < 1.29 is 13.2 Å². The highest BCUT2D eigenvalue weighted by Crippen LogP contribution is 2.32. The van der Waals surface area contributed by atoms with E-state index < -0.39 is 15.6 Å². The molecular formula is C15H24ClN3O3S. The largest absolute Gasteiger partial charge is 0.318 e. The number of halogens is 1. The number of nitrogens with zero attached hydrogens (tertiary/aromatic N) is 1. The van der Waals surface area contributed by atoms with Gasteiger partial charge in [-0.1, -0.05) is 19.4 Å². The van der Waals surface area contributed by atoms with Crippen molar-refractivity contribution in [3.05, 3.63) is 23.8 Å². The third-order valence-corrected chi connectivity index (χ3v) is 5.45. The lowest BCUT2D eigenvalue weighted by molar-refractivity contribution is -0.123. The number of rotatable bonds is 5. The quantitative estimate of drug-likeness (QED) is 0.829. The van der Waals surface area contributed by atoms with Crippen LogP contribution < -0.4 is 15.4 Å². The summed E-state index contributed by atoms with van der Waals surface area (Å²) in [4.78, 5) is 14.5. The van der Waals surface area contributed by atoms with Gasteiger partial charge in [-0.2, -0.15) is 0 Å². The van der Waals surface area contributed by atoms with Crippen LogP contribution in [0.3, 0.4) is 0 Å². The molecule has 1 heterocycles. The highest BCUT2D eigenvalue weighted by atomic mass is 35.5. The molecule has 1 aliphatic heterocycles. The summed E-state index contributed by atoms with van der Waals surface area (Å²) in [7, 11) is -2.17. The number of benzene rings is 1. The molecule has 0 bridgehead atoms. The molecule has 0 fully saturated rings. The van der Waals surface area contributed by atoms with Crippen molar-refractivity contribution in [3.63, 3.8) is 0 Å². The molecule has 0 radical (unpaired) electrons. The predicted octanol–water partition coefficient (Wildman–Crippen LogP) is 1.42. The lowest BCUT2D eigenvalue weighted by Crippen LogP contribution is -2.53. The molecule has 0 saturated heterocycles. The highest BCUT2D eigenvalue weighted by molar-refractivity contribution is 7.89. The molecule has 8 heteroatoms. The second-order valence-corrected chi connectivity index (χ2v) is 7.76. The van der Waals surface area contributed by atoms with E-state index in [0.717, 1.165) is 12.0 Å². The summed E-state index contributed by atoms with van der Waals surface area (Å²) < 4.78 is 26.2. The van der Waals surface area contributed by atoms with Crippen LogP contribution in [-0.4, -0.2) is 33.5 Å². The van der Waals surface area contributed by atoms with E-state index in [4.69, 9.17) is 5.73 Å². The fourth-order valence-electron chi connectivity index (χ4n) is 2.79. The van der Waals surface area contributed by atoms with Gasteiger partial charge in [0.25, 0.3) is 0 Å². The first kappa shape index (κ1) is 19.9. The van der Waals surface area contributed by atoms with E-state index in [1.165, 1.54) is 7.05 Å². The Morgan fingerprint density at radius 1 is 1.43 bits per heavy atom. The van der Waals surface area contributed by atoms with Crippen LogP contribution in [0, 0.1) is 0 Å². The molecular weight excluding hydrogens is 338 g/mol. The summed E-state index contributed by atoms with van der Waals surface area (Å²) in [6, 6.07) is 4.88. The number of carbonyl (C=O) groups is 1. The van der Waals surface area contributed by atoms with E-state index >= 15 is 0 Å². The first-order chi connectivity index (χ1) is 10.2. The van der Waals surface area contributed by atoms with E-state index in [1.807, 2.05) is 6.92 Å². The number of hydrogen-bond donors (Lipinski definition) is 2. The fraction of sp³-hybridized carbons (Fsp3) is 0.533. The van der Waals surface area contributed by atoms with Crippen molar-refractivity contribution in [2.24, 2.45) is 5.73 Å². The van der Waals surface area contributed by atoms with Gasteiger partial charge in [-0.25, -0.2) is 13.1 Å². The van der Waals surface area contributed by atoms with Crippen LogP contribution >= 0.6 is 12.4 Å². The second-order valence-electron chi connectivity index (χ2n) is 5.87. The normalized spacial score (nSPS) is 16.4. The van der Waals surface area contributed by atoms with Gasteiger partial charge < -0.3 is 10.6 Å². The third kappa shape index (κ3) is 3.85. The number of sulfonamides is 1. The Morgan fingerprint density at radius 2 is 2.09 bits per heavy atom. The van der Waals surface area contributed by atoms with E-state index in [-0.39, 0.29) is 23.2 Å². The van der Waals surface area contributed by atoms with Gasteiger partial charge in [0.15, 0.2) is 0 Å². The van der Waals surface area contributed by atoms with Crippen LogP contribution in [0.1, 0.15) is 32.3 Å². The predicted molar refractivity (Wildman–Crippen MR) is 93.5 cm³/mol. The standard InChI is InChI=1S/C15H23N3O3S.ClH/c1-4-8-15(2,16)14(19)18-9-7-11-5-6-12(10-13(11)18)22(20,21)17-3;/h5-6,10,17H,4,7-9,16H2,1-3H3;1H. The maximum atomic E-state index is 12.7. The number of carbonyl (C=O) groups excluding carboxylic acids is 1. The second kappa shape index (κ2) is 7.17. The number of hydrogen-bond acceptors (Lipinski definition) is 4. The molecule has 1 atom stereocenters. The summed E-state index contributed by atoms with van der Waals surface area (Å²) in [5.41, 5.74) is 6.82. The first-order valence-corrected chi connectivity index (χ1v) is 8.88. The van der Waals surface area contributed by atoms with Gasteiger partial charge in [0, 0.05) is 12.2 Å². The molecule has 1 aromatic carbocycles. The molecule has 1 unspecified atom stereocenters. The fourth-order valence-corrected chi connectivity index (χ4v) is 3.54. The van der Waals surface area contributed by atoms with Crippen LogP contribution in [-0.2, 0) is 21.2 Å². The van der Waals surface area contributed by atoms with Gasteiger partial charge in [-0.3, -0.25) is 4.79 Å². The SMILES string of the molecule is CCCC(C)(N)C(=O)N1CCc2ccc(S(=O)(=O)NC)cc21.Cl. The molecule has 3 N–H and O–H groups in total. The average Bonchev–Trinajstić information content (AvgIpc) is 2.89. The smallest absolute Gasteiger partial charge is 0.246 e. The lowest BCUT2D eigenvalue weighted by atomic mass is 9.95. The maximum absolute atomic E-state index is 12.7. The van der Waals surface area contributed by atoms with Crippen LogP contribution in [0.5, 0.6) is 0 Å². The van der Waals surface area contributed by atoms with Gasteiger partial charge in [0.1, 0.15) is 0 Å². The molecule has 0 aromatic heterocycles. The molecule has 23 heavy (non-hydrogen) atoms. The minimum atomic E-state index is -3.53. The Morgan fingerprint density at radius 3 is 2.65 bits per heavy atom. The van der Waals surface area contributed by atoms with E-state index in [9.17, 15) is 13.2 Å². The molecule has 1 aromatic rings. The van der Waals surface area contributed by atoms with Crippen LogP contribution in [0.15, 0.2) is 23.1 Å². The molecule has 0 aliphatic carbocycles. The van der Waals surface area contributed by atoms with Crippen LogP contribution in [0.2, 0.25) is 0 Å². The topological polar surface area (TPSA) is 92.5 Å². The van der Waals surface area contributed by atoms with Crippen molar-refractivity contribution in [2.45, 2.75) is 43.5 Å². The Balaban J connectivity index is 0.00000264. The molecule has 1 aliphatic rings. The number of fused-ring (bicyclic) bond motifs is 1. The summed E-state index contributed by atoms with van der Waals surface area (Å²) in [6.45, 7) is 4.24. The Bertz CT molecular complexity index is 689. The summed E-state index contributed by atoms with van der Waals surface area (Å²) >= 11 is 0. The highest BCUT2D eigenvalue weighted by Gasteiger charge is 2.36. The Kier molecular flexibility index (Phi) is 6.20. The van der Waals surface area contributed by atoms with Crippen LogP contribution in [0.25, 0.3) is 0 Å². The molecule has 0 saturated carbocycles. The molecule has 0 spiro atoms. The summed E-state index contributed by atoms with van der Waals surface area (Å²) in [6.07, 6.45) is 2.11. The molecule has 130 valence electrons. The monoisotopic (exact) mass is 361 g/mol. The average molecular weight is 362 g/mol. The summed E-state index contributed by atoms with van der Waals surface area (Å²) in [5.74, 6) is -0.160. The van der Waals surface area contributed by atoms with Crippen molar-refractivity contribution in [1.82, 2.24) is 4.72 Å². The number of anilines is 1. The summed E-state index contributed by atoms with van der Waals surface area (Å²) in [5, 5.41) is 0. The molecule has 1 amide bonds. The third-order valence-electron chi connectivity index (χ3n) is 4.03. The van der Waals surface area contributed by atoms with Gasteiger partial charge >= 0.3 is 0 Å².